The summed E-state index contributed by atoms with van der Waals surface area (Å²) < 4.78 is 0. The van der Waals surface area contributed by atoms with Crippen LogP contribution < -0.4 is 10.2 Å². The molecule has 2 radical (unpaired) electrons. The largest absolute Gasteiger partial charge is 2.00 e. The van der Waals surface area contributed by atoms with Crippen LogP contribution in [0.4, 0.5) is 0 Å². The Morgan fingerprint density at radius 2 is 1.00 bits per heavy atom. The maximum Gasteiger partial charge on any atom is 2.00 e. The van der Waals surface area contributed by atoms with Crippen LogP contribution in [-0.2, 0) is 9.59 Å². The van der Waals surface area contributed by atoms with Crippen LogP contribution in [0.1, 0.15) is 0 Å². The number of rotatable bonds is 0. The summed E-state index contributed by atoms with van der Waals surface area (Å²) in [4.78, 5) is 16.5. The molecule has 0 spiro atoms. The smallest absolute Gasteiger partial charge is 0.554 e. The zero-order chi connectivity index (χ0) is 5.41. The van der Waals surface area contributed by atoms with Crippen molar-refractivity contribution in [2.45, 2.75) is 0 Å². The molecule has 38 valence electrons. The van der Waals surface area contributed by atoms with Crippen molar-refractivity contribution in [3.05, 3.63) is 0 Å². The van der Waals surface area contributed by atoms with Gasteiger partial charge in [0.1, 0.15) is 0 Å². The fourth-order valence-electron chi connectivity index (χ4n) is 0. The van der Waals surface area contributed by atoms with Crippen LogP contribution >= 0.6 is 0 Å². The number of carboxylic acid groups (broad SMARTS) is 2. The molecule has 4 nitrogen and oxygen atoms in total. The first-order valence-electron chi connectivity index (χ1n) is 0.943. The first-order valence-corrected chi connectivity index (χ1v) is 0.943. The normalized spacial score (nSPS) is 3.43. The molecule has 0 rings (SSSR count). The molecular weight excluding hydrogens is 207 g/mol. The minimum atomic E-state index is -0.500. The molecule has 0 saturated heterocycles. The molecule has 0 N–H and O–H groups in total. The average Bonchev–Trinajstić information content (AvgIpc) is 1.39. The van der Waals surface area contributed by atoms with Crippen molar-refractivity contribution in [2.24, 2.45) is 0 Å². The van der Waals surface area contributed by atoms with Gasteiger partial charge in [-0.15, -0.1) is 0 Å². The molecule has 0 aromatic rings. The molecule has 0 atom stereocenters. The van der Waals surface area contributed by atoms with Crippen LogP contribution in [0, 0.1) is 0 Å². The molecule has 0 saturated carbocycles. The summed E-state index contributed by atoms with van der Waals surface area (Å²) in [7, 11) is 0. The van der Waals surface area contributed by atoms with Gasteiger partial charge in [-0.25, -0.2) is 0 Å². The zero-order valence-electron chi connectivity index (χ0n) is 3.29. The van der Waals surface area contributed by atoms with E-state index in [-0.39, 0.29) is 23.9 Å². The van der Waals surface area contributed by atoms with Crippen molar-refractivity contribution in [1.29, 1.82) is 0 Å². The Kier molecular flexibility index (Phi) is 96.7. The third-order valence-corrected chi connectivity index (χ3v) is 0. The summed E-state index contributed by atoms with van der Waals surface area (Å²) in [6.07, 6.45) is 0. The summed E-state index contributed by atoms with van der Waals surface area (Å²) in [6, 6.07) is 0. The molecule has 0 aliphatic heterocycles. The van der Waals surface area contributed by atoms with Crippen molar-refractivity contribution in [3.8, 4) is 0 Å². The second kappa shape index (κ2) is 42.6. The predicted octanol–water partition coefficient (Wildman–Crippen LogP) is -3.65. The standard InChI is InChI=1S/2CH2O2.Sn/c2*2-1-3;/h2*1H,(H,2,3);/q;;+2/p-2. The molecule has 0 heterocycles. The minimum Gasteiger partial charge on any atom is -0.554 e. The van der Waals surface area contributed by atoms with Gasteiger partial charge in [-0.05, 0) is 0 Å². The van der Waals surface area contributed by atoms with Gasteiger partial charge >= 0.3 is 23.9 Å². The van der Waals surface area contributed by atoms with Gasteiger partial charge in [0.15, 0.2) is 0 Å². The van der Waals surface area contributed by atoms with Crippen LogP contribution in [0.2, 0.25) is 0 Å². The molecule has 7 heavy (non-hydrogen) atoms. The van der Waals surface area contributed by atoms with Crippen molar-refractivity contribution < 1.29 is 19.8 Å². The molecule has 0 aliphatic carbocycles. The third-order valence-electron chi connectivity index (χ3n) is 0. The van der Waals surface area contributed by atoms with Crippen LogP contribution in [0.3, 0.4) is 0 Å². The molecule has 5 heteroatoms. The molecule has 0 amide bonds. The van der Waals surface area contributed by atoms with Gasteiger partial charge in [-0.3, -0.25) is 0 Å². The first-order chi connectivity index (χ1) is 2.83. The molecule has 0 unspecified atom stereocenters. The number of carbonyl (C=O) groups is 2. The van der Waals surface area contributed by atoms with E-state index in [1.54, 1.807) is 0 Å². The van der Waals surface area contributed by atoms with E-state index in [1.807, 2.05) is 0 Å². The monoisotopic (exact) mass is 210 g/mol. The Morgan fingerprint density at radius 1 is 1.00 bits per heavy atom. The quantitative estimate of drug-likeness (QED) is 0.304. The fourth-order valence-corrected chi connectivity index (χ4v) is 0. The third kappa shape index (κ3) is 1170. The van der Waals surface area contributed by atoms with Crippen LogP contribution in [0.25, 0.3) is 0 Å². The van der Waals surface area contributed by atoms with E-state index in [2.05, 4.69) is 0 Å². The second-order valence-electron chi connectivity index (χ2n) is 0.192. The van der Waals surface area contributed by atoms with Crippen LogP contribution in [0.5, 0.6) is 0 Å². The summed E-state index contributed by atoms with van der Waals surface area (Å²) in [6.45, 7) is -1.00. The van der Waals surface area contributed by atoms with Gasteiger partial charge < -0.3 is 19.8 Å². The predicted molar refractivity (Wildman–Crippen MR) is 17.9 cm³/mol. The summed E-state index contributed by atoms with van der Waals surface area (Å²) in [5, 5.41) is 16.5. The van der Waals surface area contributed by atoms with Crippen LogP contribution in [0.15, 0.2) is 0 Å². The topological polar surface area (TPSA) is 80.3 Å². The Balaban J connectivity index is -0.0000000400. The average molecular weight is 209 g/mol. The van der Waals surface area contributed by atoms with E-state index >= 15 is 0 Å². The number of carbonyl (C=O) groups excluding carboxylic acids is 2. The van der Waals surface area contributed by atoms with Gasteiger partial charge in [-0.1, -0.05) is 0 Å². The summed E-state index contributed by atoms with van der Waals surface area (Å²) >= 11 is 0. The van der Waals surface area contributed by atoms with Crippen molar-refractivity contribution >= 4 is 36.9 Å². The van der Waals surface area contributed by atoms with Gasteiger partial charge in [0.2, 0.25) is 0 Å². The van der Waals surface area contributed by atoms with Gasteiger partial charge in [0, 0.05) is 12.9 Å². The van der Waals surface area contributed by atoms with Crippen LogP contribution in [-0.4, -0.2) is 36.9 Å². The Bertz CT molecular complexity index is 30.7. The molecular formula is C2H2O4Sn. The Morgan fingerprint density at radius 3 is 1.00 bits per heavy atom. The Hall–Kier alpha value is -0.261. The SMILES string of the molecule is O=C[O-].O=C[O-].[Sn+2]. The maximum absolute atomic E-state index is 8.25. The number of hydrogen-bond donors (Lipinski definition) is 0. The van der Waals surface area contributed by atoms with Crippen molar-refractivity contribution in [3.63, 3.8) is 0 Å². The van der Waals surface area contributed by atoms with Gasteiger partial charge in [-0.2, -0.15) is 0 Å². The van der Waals surface area contributed by atoms with E-state index in [4.69, 9.17) is 19.8 Å². The van der Waals surface area contributed by atoms with E-state index < -0.39 is 12.9 Å². The minimum absolute atomic E-state index is 0. The number of hydrogen-bond acceptors (Lipinski definition) is 4. The van der Waals surface area contributed by atoms with Crippen molar-refractivity contribution in [2.75, 3.05) is 0 Å². The van der Waals surface area contributed by atoms with Gasteiger partial charge in [0.25, 0.3) is 0 Å². The molecule has 0 aliphatic rings. The molecule has 0 aromatic heterocycles. The van der Waals surface area contributed by atoms with Crippen molar-refractivity contribution in [1.82, 2.24) is 0 Å². The summed E-state index contributed by atoms with van der Waals surface area (Å²) in [5.41, 5.74) is 0. The first kappa shape index (κ1) is 15.9. The second-order valence-corrected chi connectivity index (χ2v) is 0.192. The fraction of sp³-hybridized carbons (Fsp3) is 0. The molecule has 0 aromatic carbocycles. The molecule has 0 fully saturated rings. The van der Waals surface area contributed by atoms with Gasteiger partial charge in [0.05, 0.1) is 0 Å². The van der Waals surface area contributed by atoms with E-state index in [0.717, 1.165) is 0 Å². The van der Waals surface area contributed by atoms with E-state index in [9.17, 15) is 0 Å². The van der Waals surface area contributed by atoms with E-state index in [1.165, 1.54) is 0 Å². The summed E-state index contributed by atoms with van der Waals surface area (Å²) in [5.74, 6) is 0. The van der Waals surface area contributed by atoms with E-state index in [0.29, 0.717) is 0 Å². The maximum atomic E-state index is 8.25. The zero-order valence-corrected chi connectivity index (χ0v) is 6.14. The Labute approximate surface area is 57.1 Å². The molecule has 0 bridgehead atoms.